The van der Waals surface area contributed by atoms with Crippen LogP contribution in [0.1, 0.15) is 85.2 Å². The lowest BCUT2D eigenvalue weighted by Crippen LogP contribution is -2.57. The zero-order valence-corrected chi connectivity index (χ0v) is 25.7. The molecule has 2 atom stereocenters. The van der Waals surface area contributed by atoms with Crippen molar-refractivity contribution in [3.05, 3.63) is 63.9 Å². The molecule has 2 aromatic carbocycles. The molecule has 228 valence electrons. The van der Waals surface area contributed by atoms with Gasteiger partial charge in [-0.1, -0.05) is 18.0 Å². The summed E-state index contributed by atoms with van der Waals surface area (Å²) in [4.78, 5) is 43.4. The lowest BCUT2D eigenvalue weighted by molar-refractivity contribution is -0.0791. The van der Waals surface area contributed by atoms with Gasteiger partial charge in [-0.05, 0) is 95.9 Å². The molecule has 0 spiro atoms. The van der Waals surface area contributed by atoms with Crippen molar-refractivity contribution in [2.45, 2.75) is 76.7 Å². The number of halogens is 3. The highest BCUT2D eigenvalue weighted by molar-refractivity contribution is 6.31. The molecule has 11 heteroatoms. The van der Waals surface area contributed by atoms with Gasteiger partial charge in [0.1, 0.15) is 17.2 Å². The van der Waals surface area contributed by atoms with Gasteiger partial charge in [-0.3, -0.25) is 9.59 Å². The number of hydrogen-bond acceptors (Lipinski definition) is 6. The summed E-state index contributed by atoms with van der Waals surface area (Å²) in [5.41, 5.74) is 0.0706. The van der Waals surface area contributed by atoms with Crippen LogP contribution in [-0.4, -0.2) is 71.5 Å². The Balaban J connectivity index is 0.00000405. The third-order valence-electron chi connectivity index (χ3n) is 8.44. The molecule has 3 heterocycles. The second-order valence-electron chi connectivity index (χ2n) is 11.7. The number of Topliss-reactive ketones (excluding diaryl/α,β-unsaturated/α-hetero) is 1. The van der Waals surface area contributed by atoms with E-state index in [2.05, 4.69) is 10.2 Å². The predicted molar refractivity (Wildman–Crippen MR) is 160 cm³/mol. The fraction of sp³-hybridized carbons (Fsp3) is 0.516. The highest BCUT2D eigenvalue weighted by atomic mass is 35.5. The van der Waals surface area contributed by atoms with E-state index >= 15 is 0 Å². The smallest absolute Gasteiger partial charge is 0.410 e. The van der Waals surface area contributed by atoms with Gasteiger partial charge in [0.25, 0.3) is 5.91 Å². The van der Waals surface area contributed by atoms with Crippen molar-refractivity contribution < 1.29 is 28.2 Å². The van der Waals surface area contributed by atoms with Crippen LogP contribution in [0.2, 0.25) is 5.02 Å². The number of piperidine rings is 2. The third kappa shape index (κ3) is 6.84. The van der Waals surface area contributed by atoms with Crippen molar-refractivity contribution in [1.29, 1.82) is 0 Å². The lowest BCUT2D eigenvalue weighted by atomic mass is 9.85. The first-order valence-corrected chi connectivity index (χ1v) is 14.7. The van der Waals surface area contributed by atoms with Crippen molar-refractivity contribution in [3.8, 4) is 5.75 Å². The fourth-order valence-electron chi connectivity index (χ4n) is 6.11. The molecule has 0 aliphatic carbocycles. The van der Waals surface area contributed by atoms with E-state index in [1.807, 2.05) is 0 Å². The number of fused-ring (bicyclic) bond motifs is 1. The molecule has 0 aromatic heterocycles. The topological polar surface area (TPSA) is 88.2 Å². The van der Waals surface area contributed by atoms with Crippen LogP contribution in [0.15, 0.2) is 36.4 Å². The molecule has 3 aliphatic rings. The summed E-state index contributed by atoms with van der Waals surface area (Å²) >= 11 is 5.94. The Morgan fingerprint density at radius 2 is 1.67 bits per heavy atom. The molecule has 0 radical (unpaired) electrons. The van der Waals surface area contributed by atoms with Crippen LogP contribution < -0.4 is 10.1 Å². The van der Waals surface area contributed by atoms with E-state index in [0.717, 1.165) is 32.0 Å². The number of ketones is 1. The molecular formula is C31H38Cl2FN3O5. The average molecular weight is 623 g/mol. The Morgan fingerprint density at radius 1 is 1.00 bits per heavy atom. The minimum atomic E-state index is -1.02. The molecule has 0 bridgehead atoms. The van der Waals surface area contributed by atoms with E-state index in [9.17, 15) is 18.8 Å². The SMILES string of the molecule is CC(=O)c1ccc2c(c1)[C@@H](NC(=O)c1ccc(F)c(Cl)c1)[C@H](OC(=O)N1CCC(N3CCCCC3)CC1)C(C)(C)O2.Cl. The first kappa shape index (κ1) is 32.0. The van der Waals surface area contributed by atoms with E-state index in [0.29, 0.717) is 36.0 Å². The maximum Gasteiger partial charge on any atom is 0.410 e. The van der Waals surface area contributed by atoms with E-state index in [1.165, 1.54) is 38.3 Å². The molecule has 0 unspecified atom stereocenters. The summed E-state index contributed by atoms with van der Waals surface area (Å²) in [6, 6.07) is 8.33. The van der Waals surface area contributed by atoms with Crippen LogP contribution in [0, 0.1) is 5.82 Å². The van der Waals surface area contributed by atoms with Crippen LogP contribution >= 0.6 is 24.0 Å². The number of carbonyl (C=O) groups excluding carboxylic acids is 3. The number of likely N-dealkylation sites (tertiary alicyclic amines) is 2. The van der Waals surface area contributed by atoms with Gasteiger partial charge in [0.15, 0.2) is 11.9 Å². The number of carbonyl (C=O) groups is 3. The molecule has 2 amide bonds. The summed E-state index contributed by atoms with van der Waals surface area (Å²) in [7, 11) is 0. The summed E-state index contributed by atoms with van der Waals surface area (Å²) in [6.07, 6.45) is 4.10. The number of nitrogens with one attached hydrogen (secondary N) is 1. The first-order chi connectivity index (χ1) is 19.5. The van der Waals surface area contributed by atoms with Gasteiger partial charge in [-0.15, -0.1) is 12.4 Å². The number of hydrogen-bond donors (Lipinski definition) is 1. The Kier molecular flexibility index (Phi) is 10.1. The van der Waals surface area contributed by atoms with Crippen molar-refractivity contribution in [1.82, 2.24) is 15.1 Å². The van der Waals surface area contributed by atoms with Crippen LogP contribution in [-0.2, 0) is 4.74 Å². The van der Waals surface area contributed by atoms with Gasteiger partial charge < -0.3 is 24.6 Å². The normalized spacial score (nSPS) is 22.3. The van der Waals surface area contributed by atoms with Gasteiger partial charge >= 0.3 is 6.09 Å². The number of nitrogens with zero attached hydrogens (tertiary/aromatic N) is 2. The van der Waals surface area contributed by atoms with Crippen LogP contribution in [0.4, 0.5) is 9.18 Å². The number of ether oxygens (including phenoxy) is 2. The zero-order valence-electron chi connectivity index (χ0n) is 24.2. The molecule has 2 saturated heterocycles. The molecule has 5 rings (SSSR count). The largest absolute Gasteiger partial charge is 0.484 e. The van der Waals surface area contributed by atoms with Crippen molar-refractivity contribution in [3.63, 3.8) is 0 Å². The van der Waals surface area contributed by atoms with Gasteiger partial charge in [0, 0.05) is 35.8 Å². The Bertz CT molecular complexity index is 1330. The van der Waals surface area contributed by atoms with Crippen LogP contribution in [0.5, 0.6) is 5.75 Å². The molecule has 42 heavy (non-hydrogen) atoms. The fourth-order valence-corrected chi connectivity index (χ4v) is 6.30. The second kappa shape index (κ2) is 13.2. The maximum absolute atomic E-state index is 13.8. The minimum Gasteiger partial charge on any atom is -0.484 e. The Labute approximate surface area is 257 Å². The molecule has 2 aromatic rings. The van der Waals surface area contributed by atoms with Gasteiger partial charge in [0.2, 0.25) is 0 Å². The summed E-state index contributed by atoms with van der Waals surface area (Å²) in [6.45, 7) is 8.45. The minimum absolute atomic E-state index is 0. The third-order valence-corrected chi connectivity index (χ3v) is 8.73. The van der Waals surface area contributed by atoms with E-state index in [4.69, 9.17) is 21.1 Å². The molecule has 8 nitrogen and oxygen atoms in total. The van der Waals surface area contributed by atoms with Crippen molar-refractivity contribution in [2.75, 3.05) is 26.2 Å². The van der Waals surface area contributed by atoms with Gasteiger partial charge in [-0.2, -0.15) is 0 Å². The zero-order chi connectivity index (χ0) is 29.3. The van der Waals surface area contributed by atoms with Gasteiger partial charge in [-0.25, -0.2) is 9.18 Å². The lowest BCUT2D eigenvalue weighted by Gasteiger charge is -2.45. The molecule has 0 saturated carbocycles. The number of amides is 2. The van der Waals surface area contributed by atoms with Gasteiger partial charge in [0.05, 0.1) is 11.1 Å². The quantitative estimate of drug-likeness (QED) is 0.400. The highest BCUT2D eigenvalue weighted by Gasteiger charge is 2.48. The highest BCUT2D eigenvalue weighted by Crippen LogP contribution is 2.42. The predicted octanol–water partition coefficient (Wildman–Crippen LogP) is 6.20. The Morgan fingerprint density at radius 3 is 2.31 bits per heavy atom. The monoisotopic (exact) mass is 621 g/mol. The number of rotatable bonds is 5. The summed E-state index contributed by atoms with van der Waals surface area (Å²) in [5, 5.41) is 2.77. The Hall–Kier alpha value is -2.88. The van der Waals surface area contributed by atoms with E-state index < -0.39 is 35.6 Å². The summed E-state index contributed by atoms with van der Waals surface area (Å²) < 4.78 is 26.2. The average Bonchev–Trinajstić information content (AvgIpc) is 2.96. The molecular weight excluding hydrogens is 584 g/mol. The van der Waals surface area contributed by atoms with Crippen molar-refractivity contribution in [2.24, 2.45) is 0 Å². The number of benzene rings is 2. The summed E-state index contributed by atoms with van der Waals surface area (Å²) in [5.74, 6) is -0.852. The molecule has 2 fully saturated rings. The first-order valence-electron chi connectivity index (χ1n) is 14.3. The molecule has 3 aliphatic heterocycles. The molecule has 1 N–H and O–H groups in total. The maximum atomic E-state index is 13.8. The second-order valence-corrected chi connectivity index (χ2v) is 12.1. The van der Waals surface area contributed by atoms with E-state index in [-0.39, 0.29) is 28.8 Å². The standard InChI is InChI=1S/C31H37ClFN3O5.ClH/c1-19(37)20-8-10-26-23(17-20)27(34-29(38)21-7-9-25(33)24(32)18-21)28(31(2,3)41-26)40-30(39)36-15-11-22(12-16-36)35-13-5-4-6-14-35;/h7-10,17-18,22,27-28H,4-6,11-16H2,1-3H3,(H,34,38);1H/t27-,28+;/m1./s1. The van der Waals surface area contributed by atoms with E-state index in [1.54, 1.807) is 36.9 Å². The van der Waals surface area contributed by atoms with Crippen LogP contribution in [0.3, 0.4) is 0 Å². The van der Waals surface area contributed by atoms with Crippen LogP contribution in [0.25, 0.3) is 0 Å². The van der Waals surface area contributed by atoms with Crippen molar-refractivity contribution >= 4 is 41.8 Å².